The highest BCUT2D eigenvalue weighted by molar-refractivity contribution is 5.19. The van der Waals surface area contributed by atoms with Crippen molar-refractivity contribution < 1.29 is 4.39 Å². The van der Waals surface area contributed by atoms with Crippen molar-refractivity contribution in [2.45, 2.75) is 33.2 Å². The lowest BCUT2D eigenvalue weighted by molar-refractivity contribution is 0.604. The van der Waals surface area contributed by atoms with Crippen molar-refractivity contribution in [3.8, 4) is 0 Å². The average Bonchev–Trinajstić information content (AvgIpc) is 2.21. The van der Waals surface area contributed by atoms with Gasteiger partial charge < -0.3 is 5.32 Å². The van der Waals surface area contributed by atoms with Gasteiger partial charge in [-0.1, -0.05) is 30.7 Å². The monoisotopic (exact) mass is 221 g/mol. The Hall–Kier alpha value is -1.15. The Labute approximate surface area is 97.4 Å². The smallest absolute Gasteiger partial charge is 0.123 e. The van der Waals surface area contributed by atoms with Crippen molar-refractivity contribution in [1.29, 1.82) is 0 Å². The van der Waals surface area contributed by atoms with Crippen LogP contribution in [0, 0.1) is 5.82 Å². The van der Waals surface area contributed by atoms with E-state index in [1.165, 1.54) is 17.7 Å². The molecule has 1 atom stereocenters. The van der Waals surface area contributed by atoms with Gasteiger partial charge in [0.25, 0.3) is 0 Å². The molecule has 1 aromatic carbocycles. The molecule has 0 heterocycles. The highest BCUT2D eigenvalue weighted by atomic mass is 19.1. The molecule has 0 bridgehead atoms. The minimum Gasteiger partial charge on any atom is -0.310 e. The number of halogens is 1. The molecule has 88 valence electrons. The molecule has 1 nitrogen and oxygen atoms in total. The number of hydrogen-bond donors (Lipinski definition) is 1. The van der Waals surface area contributed by atoms with E-state index in [2.05, 4.69) is 32.2 Å². The fraction of sp³-hybridized carbons (Fsp3) is 0.429. The summed E-state index contributed by atoms with van der Waals surface area (Å²) in [5, 5.41) is 3.41. The molecular weight excluding hydrogens is 201 g/mol. The molecule has 1 unspecified atom stereocenters. The summed E-state index contributed by atoms with van der Waals surface area (Å²) in [6, 6.07) is 7.05. The number of rotatable bonds is 5. The first-order chi connectivity index (χ1) is 7.61. The zero-order chi connectivity index (χ0) is 12.0. The Balaban J connectivity index is 2.67. The van der Waals surface area contributed by atoms with Gasteiger partial charge in [0.1, 0.15) is 5.82 Å². The lowest BCUT2D eigenvalue weighted by Crippen LogP contribution is -2.29. The first-order valence-corrected chi connectivity index (χ1v) is 5.74. The molecule has 1 rings (SSSR count). The second-order valence-electron chi connectivity index (χ2n) is 4.24. The molecule has 1 aromatic rings. The second kappa shape index (κ2) is 6.44. The quantitative estimate of drug-likeness (QED) is 0.752. The lowest BCUT2D eigenvalue weighted by Gasteiger charge is -2.14. The molecular formula is C14H20FN. The minimum atomic E-state index is -0.175. The van der Waals surface area contributed by atoms with Gasteiger partial charge in [-0.2, -0.15) is 0 Å². The van der Waals surface area contributed by atoms with E-state index >= 15 is 0 Å². The molecule has 0 saturated heterocycles. The van der Waals surface area contributed by atoms with Crippen molar-refractivity contribution in [3.05, 3.63) is 47.3 Å². The van der Waals surface area contributed by atoms with Gasteiger partial charge in [-0.05, 0) is 44.5 Å². The third-order valence-corrected chi connectivity index (χ3v) is 2.37. The Morgan fingerprint density at radius 1 is 1.31 bits per heavy atom. The highest BCUT2D eigenvalue weighted by Gasteiger charge is 2.05. The van der Waals surface area contributed by atoms with Crippen LogP contribution in [-0.2, 0) is 6.42 Å². The predicted molar refractivity (Wildman–Crippen MR) is 67.0 cm³/mol. The van der Waals surface area contributed by atoms with E-state index < -0.39 is 0 Å². The van der Waals surface area contributed by atoms with Crippen molar-refractivity contribution in [2.24, 2.45) is 0 Å². The van der Waals surface area contributed by atoms with Crippen LogP contribution in [0.4, 0.5) is 4.39 Å². The number of benzene rings is 1. The summed E-state index contributed by atoms with van der Waals surface area (Å²) in [5.41, 5.74) is 2.46. The molecule has 0 aliphatic carbocycles. The fourth-order valence-electron chi connectivity index (χ4n) is 1.73. The van der Waals surface area contributed by atoms with E-state index in [0.717, 1.165) is 18.5 Å². The van der Waals surface area contributed by atoms with Gasteiger partial charge in [-0.3, -0.25) is 0 Å². The normalized spacial score (nSPS) is 12.2. The van der Waals surface area contributed by atoms with E-state index in [4.69, 9.17) is 0 Å². The topological polar surface area (TPSA) is 12.0 Å². The highest BCUT2D eigenvalue weighted by Crippen LogP contribution is 2.07. The summed E-state index contributed by atoms with van der Waals surface area (Å²) < 4.78 is 12.8. The summed E-state index contributed by atoms with van der Waals surface area (Å²) in [7, 11) is 0. The third-order valence-electron chi connectivity index (χ3n) is 2.37. The van der Waals surface area contributed by atoms with Gasteiger partial charge in [0, 0.05) is 6.04 Å². The van der Waals surface area contributed by atoms with Crippen molar-refractivity contribution >= 4 is 0 Å². The zero-order valence-corrected chi connectivity index (χ0v) is 10.3. The maximum Gasteiger partial charge on any atom is 0.123 e. The largest absolute Gasteiger partial charge is 0.310 e. The van der Waals surface area contributed by atoms with Crippen molar-refractivity contribution in [2.75, 3.05) is 6.54 Å². The Morgan fingerprint density at radius 2 is 1.94 bits per heavy atom. The van der Waals surface area contributed by atoms with E-state index in [1.54, 1.807) is 0 Å². The van der Waals surface area contributed by atoms with Gasteiger partial charge in [-0.25, -0.2) is 4.39 Å². The summed E-state index contributed by atoms with van der Waals surface area (Å²) in [4.78, 5) is 0. The summed E-state index contributed by atoms with van der Waals surface area (Å²) in [6.45, 7) is 7.22. The van der Waals surface area contributed by atoms with Crippen LogP contribution in [0.15, 0.2) is 35.9 Å². The van der Waals surface area contributed by atoms with E-state index in [-0.39, 0.29) is 5.82 Å². The molecule has 2 heteroatoms. The van der Waals surface area contributed by atoms with Crippen molar-refractivity contribution in [1.82, 2.24) is 5.32 Å². The Bertz CT molecular complexity index is 336. The SMILES string of the molecule is CCNC(C=C(C)C)Cc1ccc(F)cc1. The molecule has 0 aliphatic rings. The van der Waals surface area contributed by atoms with E-state index in [1.807, 2.05) is 12.1 Å². The number of likely N-dealkylation sites (N-methyl/N-ethyl adjacent to an activating group) is 1. The van der Waals surface area contributed by atoms with Gasteiger partial charge in [0.2, 0.25) is 0 Å². The molecule has 0 amide bonds. The number of hydrogen-bond acceptors (Lipinski definition) is 1. The van der Waals surface area contributed by atoms with Gasteiger partial charge in [-0.15, -0.1) is 0 Å². The first kappa shape index (κ1) is 12.9. The molecule has 0 aromatic heterocycles. The van der Waals surface area contributed by atoms with Crippen LogP contribution in [0.5, 0.6) is 0 Å². The molecule has 0 aliphatic heterocycles. The van der Waals surface area contributed by atoms with Gasteiger partial charge in [0.05, 0.1) is 0 Å². The molecule has 0 radical (unpaired) electrons. The van der Waals surface area contributed by atoms with Crippen LogP contribution in [0.25, 0.3) is 0 Å². The maximum atomic E-state index is 12.8. The van der Waals surface area contributed by atoms with Crippen LogP contribution in [0.1, 0.15) is 26.3 Å². The number of allylic oxidation sites excluding steroid dienone is 1. The van der Waals surface area contributed by atoms with Crippen LogP contribution in [-0.4, -0.2) is 12.6 Å². The summed E-state index contributed by atoms with van der Waals surface area (Å²) >= 11 is 0. The molecule has 1 N–H and O–H groups in total. The van der Waals surface area contributed by atoms with Crippen LogP contribution in [0.2, 0.25) is 0 Å². The Morgan fingerprint density at radius 3 is 2.44 bits per heavy atom. The molecule has 0 fully saturated rings. The minimum absolute atomic E-state index is 0.175. The van der Waals surface area contributed by atoms with Gasteiger partial charge >= 0.3 is 0 Å². The molecule has 0 spiro atoms. The predicted octanol–water partition coefficient (Wildman–Crippen LogP) is 3.31. The maximum absolute atomic E-state index is 12.8. The van der Waals surface area contributed by atoms with E-state index in [9.17, 15) is 4.39 Å². The fourth-order valence-corrected chi connectivity index (χ4v) is 1.73. The Kier molecular flexibility index (Phi) is 5.20. The third kappa shape index (κ3) is 4.58. The van der Waals surface area contributed by atoms with Crippen molar-refractivity contribution in [3.63, 3.8) is 0 Å². The van der Waals surface area contributed by atoms with Crippen LogP contribution < -0.4 is 5.32 Å². The lowest BCUT2D eigenvalue weighted by atomic mass is 10.0. The second-order valence-corrected chi connectivity index (χ2v) is 4.24. The summed E-state index contributed by atoms with van der Waals surface area (Å²) in [6.07, 6.45) is 3.12. The number of nitrogens with one attached hydrogen (secondary N) is 1. The molecule has 16 heavy (non-hydrogen) atoms. The summed E-state index contributed by atoms with van der Waals surface area (Å²) in [5.74, 6) is -0.175. The molecule has 0 saturated carbocycles. The average molecular weight is 221 g/mol. The van der Waals surface area contributed by atoms with E-state index in [0.29, 0.717) is 6.04 Å². The van der Waals surface area contributed by atoms with Gasteiger partial charge in [0.15, 0.2) is 0 Å². The zero-order valence-electron chi connectivity index (χ0n) is 10.3. The standard InChI is InChI=1S/C14H20FN/c1-4-16-14(9-11(2)3)10-12-5-7-13(15)8-6-12/h5-9,14,16H,4,10H2,1-3H3. The van der Waals surface area contributed by atoms with Crippen LogP contribution in [0.3, 0.4) is 0 Å². The first-order valence-electron chi connectivity index (χ1n) is 5.74. The van der Waals surface area contributed by atoms with Crippen LogP contribution >= 0.6 is 0 Å².